The highest BCUT2D eigenvalue weighted by Gasteiger charge is 2.43. The number of anilines is 1. The van der Waals surface area contributed by atoms with Gasteiger partial charge in [-0.1, -0.05) is 0 Å². The Hall–Kier alpha value is -3.03. The van der Waals surface area contributed by atoms with Gasteiger partial charge in [0.25, 0.3) is 5.91 Å². The molecule has 3 rings (SSSR count). The Balaban J connectivity index is 1.55. The van der Waals surface area contributed by atoms with E-state index in [1.165, 1.54) is 18.2 Å². The lowest BCUT2D eigenvalue weighted by molar-refractivity contribution is -0.286. The molecular formula is C16H13F2NO5. The molecule has 6 nitrogen and oxygen atoms in total. The van der Waals surface area contributed by atoms with Gasteiger partial charge in [0, 0.05) is 11.8 Å². The van der Waals surface area contributed by atoms with Crippen molar-refractivity contribution in [3.63, 3.8) is 0 Å². The van der Waals surface area contributed by atoms with Crippen LogP contribution in [-0.4, -0.2) is 25.9 Å². The van der Waals surface area contributed by atoms with Gasteiger partial charge in [-0.3, -0.25) is 4.79 Å². The van der Waals surface area contributed by atoms with Gasteiger partial charge < -0.3 is 24.3 Å². The van der Waals surface area contributed by atoms with E-state index in [0.717, 1.165) is 0 Å². The average Bonchev–Trinajstić information content (AvgIpc) is 2.86. The lowest BCUT2D eigenvalue weighted by Gasteiger charge is -2.08. The van der Waals surface area contributed by atoms with E-state index in [-0.39, 0.29) is 18.1 Å². The van der Waals surface area contributed by atoms with Crippen LogP contribution in [0.5, 0.6) is 23.0 Å². The van der Waals surface area contributed by atoms with E-state index in [1.807, 2.05) is 0 Å². The molecule has 8 heteroatoms. The zero-order chi connectivity index (χ0) is 17.2. The summed E-state index contributed by atoms with van der Waals surface area (Å²) in [6.45, 7) is -0.239. The molecule has 1 aliphatic rings. The molecule has 0 aromatic heterocycles. The molecule has 1 heterocycles. The fourth-order valence-corrected chi connectivity index (χ4v) is 2.04. The number of hydrogen-bond acceptors (Lipinski definition) is 5. The molecule has 0 aliphatic carbocycles. The van der Waals surface area contributed by atoms with Crippen molar-refractivity contribution in [3.05, 3.63) is 42.5 Å². The van der Waals surface area contributed by atoms with Crippen molar-refractivity contribution in [2.24, 2.45) is 0 Å². The number of rotatable bonds is 5. The Kier molecular flexibility index (Phi) is 4.11. The van der Waals surface area contributed by atoms with Gasteiger partial charge >= 0.3 is 6.29 Å². The minimum absolute atomic E-state index is 0.0903. The molecule has 0 unspecified atom stereocenters. The van der Waals surface area contributed by atoms with Crippen molar-refractivity contribution < 1.29 is 32.5 Å². The lowest BCUT2D eigenvalue weighted by Crippen LogP contribution is -2.25. The van der Waals surface area contributed by atoms with Crippen LogP contribution >= 0.6 is 0 Å². The maximum Gasteiger partial charge on any atom is 0.586 e. The fourth-order valence-electron chi connectivity index (χ4n) is 2.04. The molecule has 0 fully saturated rings. The predicted molar refractivity (Wildman–Crippen MR) is 79.8 cm³/mol. The number of hydrogen-bond donors (Lipinski definition) is 1. The van der Waals surface area contributed by atoms with Gasteiger partial charge in [-0.15, -0.1) is 8.78 Å². The first-order valence-corrected chi connectivity index (χ1v) is 6.92. The van der Waals surface area contributed by atoms with E-state index in [1.54, 1.807) is 31.4 Å². The number of benzene rings is 2. The van der Waals surface area contributed by atoms with Crippen molar-refractivity contribution in [2.45, 2.75) is 6.29 Å². The smallest absolute Gasteiger partial charge is 0.497 e. The van der Waals surface area contributed by atoms with Gasteiger partial charge in [-0.05, 0) is 36.4 Å². The van der Waals surface area contributed by atoms with Gasteiger partial charge in [0.15, 0.2) is 18.1 Å². The summed E-state index contributed by atoms with van der Waals surface area (Å²) < 4.78 is 44.8. The lowest BCUT2D eigenvalue weighted by atomic mass is 10.3. The number of halogens is 2. The average molecular weight is 337 g/mol. The minimum Gasteiger partial charge on any atom is -0.497 e. The normalized spacial score (nSPS) is 14.1. The number of amides is 1. The SMILES string of the molecule is COc1ccc(OCC(=O)Nc2ccc3c(c2)OC(F)(F)O3)cc1. The molecule has 1 aliphatic heterocycles. The van der Waals surface area contributed by atoms with Crippen LogP contribution < -0.4 is 24.3 Å². The van der Waals surface area contributed by atoms with Crippen molar-refractivity contribution >= 4 is 11.6 Å². The molecule has 0 bridgehead atoms. The van der Waals surface area contributed by atoms with Gasteiger partial charge in [-0.25, -0.2) is 0 Å². The third-order valence-corrected chi connectivity index (χ3v) is 3.11. The Bertz CT molecular complexity index is 749. The van der Waals surface area contributed by atoms with Crippen LogP contribution in [-0.2, 0) is 4.79 Å². The second-order valence-corrected chi connectivity index (χ2v) is 4.84. The van der Waals surface area contributed by atoms with Crippen LogP contribution in [0.15, 0.2) is 42.5 Å². The monoisotopic (exact) mass is 337 g/mol. The van der Waals surface area contributed by atoms with Crippen molar-refractivity contribution in [3.8, 4) is 23.0 Å². The maximum atomic E-state index is 12.9. The molecule has 0 spiro atoms. The molecule has 126 valence electrons. The van der Waals surface area contributed by atoms with Gasteiger partial charge in [0.1, 0.15) is 11.5 Å². The fraction of sp³-hybridized carbons (Fsp3) is 0.188. The molecule has 1 amide bonds. The highest BCUT2D eigenvalue weighted by molar-refractivity contribution is 5.92. The Morgan fingerprint density at radius 3 is 2.46 bits per heavy atom. The van der Waals surface area contributed by atoms with E-state index >= 15 is 0 Å². The number of methoxy groups -OCH3 is 1. The van der Waals surface area contributed by atoms with Crippen molar-refractivity contribution in [1.82, 2.24) is 0 Å². The van der Waals surface area contributed by atoms with Crippen LogP contribution in [0, 0.1) is 0 Å². The van der Waals surface area contributed by atoms with Crippen LogP contribution in [0.3, 0.4) is 0 Å². The number of fused-ring (bicyclic) bond motifs is 1. The molecule has 0 saturated carbocycles. The molecule has 2 aromatic rings. The first kappa shape index (κ1) is 15.9. The molecule has 24 heavy (non-hydrogen) atoms. The Morgan fingerprint density at radius 2 is 1.75 bits per heavy atom. The van der Waals surface area contributed by atoms with Gasteiger partial charge in [0.2, 0.25) is 0 Å². The molecule has 1 N–H and O–H groups in total. The van der Waals surface area contributed by atoms with E-state index < -0.39 is 12.2 Å². The number of carbonyl (C=O) groups excluding carboxylic acids is 1. The molecular weight excluding hydrogens is 324 g/mol. The summed E-state index contributed by atoms with van der Waals surface area (Å²) in [5.74, 6) is 0.484. The molecule has 0 atom stereocenters. The number of ether oxygens (including phenoxy) is 4. The van der Waals surface area contributed by atoms with Gasteiger partial charge in [-0.2, -0.15) is 0 Å². The third-order valence-electron chi connectivity index (χ3n) is 3.11. The minimum atomic E-state index is -3.69. The van der Waals surface area contributed by atoms with Crippen LogP contribution in [0.25, 0.3) is 0 Å². The summed E-state index contributed by atoms with van der Waals surface area (Å²) in [5.41, 5.74) is 0.290. The number of carbonyl (C=O) groups is 1. The number of nitrogens with one attached hydrogen (secondary N) is 1. The predicted octanol–water partition coefficient (Wildman–Crippen LogP) is 3.03. The standard InChI is InChI=1S/C16H13F2NO5/c1-21-11-3-5-12(6-4-11)22-9-15(20)19-10-2-7-13-14(8-10)24-16(17,18)23-13/h2-8H,9H2,1H3,(H,19,20). The first-order valence-electron chi connectivity index (χ1n) is 6.92. The molecule has 2 aromatic carbocycles. The summed E-state index contributed by atoms with van der Waals surface area (Å²) in [6, 6.07) is 10.7. The Labute approximate surface area is 135 Å². The number of alkyl halides is 2. The summed E-state index contributed by atoms with van der Waals surface area (Å²) in [6.07, 6.45) is -3.69. The topological polar surface area (TPSA) is 66.0 Å². The van der Waals surface area contributed by atoms with E-state index in [4.69, 9.17) is 9.47 Å². The third kappa shape index (κ3) is 3.65. The zero-order valence-electron chi connectivity index (χ0n) is 12.5. The highest BCUT2D eigenvalue weighted by Crippen LogP contribution is 2.42. The van der Waals surface area contributed by atoms with Crippen LogP contribution in [0.2, 0.25) is 0 Å². The molecule has 0 radical (unpaired) electrons. The summed E-state index contributed by atoms with van der Waals surface area (Å²) in [4.78, 5) is 11.9. The highest BCUT2D eigenvalue weighted by atomic mass is 19.3. The van der Waals surface area contributed by atoms with Crippen LogP contribution in [0.4, 0.5) is 14.5 Å². The van der Waals surface area contributed by atoms with E-state index in [9.17, 15) is 13.6 Å². The second kappa shape index (κ2) is 6.23. The largest absolute Gasteiger partial charge is 0.586 e. The van der Waals surface area contributed by atoms with E-state index in [0.29, 0.717) is 17.2 Å². The summed E-state index contributed by atoms with van der Waals surface area (Å²) in [5, 5.41) is 2.52. The summed E-state index contributed by atoms with van der Waals surface area (Å²) in [7, 11) is 1.55. The zero-order valence-corrected chi connectivity index (χ0v) is 12.5. The summed E-state index contributed by atoms with van der Waals surface area (Å²) >= 11 is 0. The van der Waals surface area contributed by atoms with E-state index in [2.05, 4.69) is 14.8 Å². The van der Waals surface area contributed by atoms with Gasteiger partial charge in [0.05, 0.1) is 7.11 Å². The molecule has 0 saturated heterocycles. The quantitative estimate of drug-likeness (QED) is 0.908. The second-order valence-electron chi connectivity index (χ2n) is 4.84. The first-order chi connectivity index (χ1) is 11.4. The van der Waals surface area contributed by atoms with Crippen molar-refractivity contribution in [2.75, 3.05) is 19.0 Å². The maximum absolute atomic E-state index is 12.9. The Morgan fingerprint density at radius 1 is 1.08 bits per heavy atom. The van der Waals surface area contributed by atoms with Crippen LogP contribution in [0.1, 0.15) is 0 Å². The van der Waals surface area contributed by atoms with Crippen molar-refractivity contribution in [1.29, 1.82) is 0 Å².